The molecule has 18 heavy (non-hydrogen) atoms. The molecule has 3 N–H and O–H groups in total. The van der Waals surface area contributed by atoms with E-state index in [9.17, 15) is 0 Å². The topological polar surface area (TPSA) is 85.4 Å². The van der Waals surface area contributed by atoms with E-state index >= 15 is 0 Å². The van der Waals surface area contributed by atoms with Crippen molar-refractivity contribution in [2.75, 3.05) is 5.84 Å². The highest BCUT2D eigenvalue weighted by Gasteiger charge is 2.13. The predicted octanol–water partition coefficient (Wildman–Crippen LogP) is 1.57. The number of H-pyrrole nitrogens is 1. The molecule has 0 saturated carbocycles. The van der Waals surface area contributed by atoms with E-state index in [1.165, 1.54) is 4.68 Å². The first-order valence-corrected chi connectivity index (χ1v) is 5.74. The number of benzene rings is 1. The Bertz CT molecular complexity index is 788. The quantitative estimate of drug-likeness (QED) is 0.511. The maximum atomic E-state index is 5.80. The molecule has 0 saturated heterocycles. The molecule has 6 nitrogen and oxygen atoms in total. The van der Waals surface area contributed by atoms with Gasteiger partial charge in [0.25, 0.3) is 0 Å². The summed E-state index contributed by atoms with van der Waals surface area (Å²) in [5, 5.41) is 6.71. The second-order valence-corrected chi connectivity index (χ2v) is 4.26. The number of aromatic nitrogens is 5. The van der Waals surface area contributed by atoms with Crippen molar-refractivity contribution in [3.63, 3.8) is 0 Å². The summed E-state index contributed by atoms with van der Waals surface area (Å²) >= 11 is 4.98. The average Bonchev–Trinajstić information content (AvgIpc) is 2.69. The Morgan fingerprint density at radius 3 is 2.50 bits per heavy atom. The van der Waals surface area contributed by atoms with Crippen molar-refractivity contribution in [2.24, 2.45) is 0 Å². The van der Waals surface area contributed by atoms with Crippen LogP contribution in [0.5, 0.6) is 0 Å². The summed E-state index contributed by atoms with van der Waals surface area (Å²) < 4.78 is 1.64. The largest absolute Gasteiger partial charge is 0.335 e. The highest BCUT2D eigenvalue weighted by Crippen LogP contribution is 2.19. The molecule has 0 spiro atoms. The number of nitrogen functional groups attached to an aromatic ring is 1. The first kappa shape index (κ1) is 10.8. The van der Waals surface area contributed by atoms with E-state index < -0.39 is 0 Å². The average molecular weight is 258 g/mol. The van der Waals surface area contributed by atoms with E-state index in [1.807, 2.05) is 31.2 Å². The number of rotatable bonds is 1. The van der Waals surface area contributed by atoms with Crippen LogP contribution in [0.1, 0.15) is 5.69 Å². The minimum Gasteiger partial charge on any atom is -0.335 e. The summed E-state index contributed by atoms with van der Waals surface area (Å²) in [6.07, 6.45) is 0. The van der Waals surface area contributed by atoms with Gasteiger partial charge in [-0.05, 0) is 31.3 Å². The Hall–Kier alpha value is -2.28. The Kier molecular flexibility index (Phi) is 2.34. The van der Waals surface area contributed by atoms with Gasteiger partial charge in [-0.25, -0.2) is 19.7 Å². The van der Waals surface area contributed by atoms with Gasteiger partial charge in [-0.3, -0.25) is 0 Å². The molecule has 0 atom stereocenters. The summed E-state index contributed by atoms with van der Waals surface area (Å²) in [6.45, 7) is 1.87. The molecular formula is C11H10N6S. The van der Waals surface area contributed by atoms with Crippen LogP contribution in [-0.2, 0) is 0 Å². The van der Waals surface area contributed by atoms with Crippen molar-refractivity contribution in [1.29, 1.82) is 0 Å². The Morgan fingerprint density at radius 2 is 1.89 bits per heavy atom. The third-order valence-electron chi connectivity index (χ3n) is 2.66. The first-order chi connectivity index (χ1) is 8.66. The van der Waals surface area contributed by atoms with Gasteiger partial charge in [0.2, 0.25) is 10.6 Å². The van der Waals surface area contributed by atoms with Gasteiger partial charge in [0.1, 0.15) is 5.69 Å². The second kappa shape index (κ2) is 3.88. The highest BCUT2D eigenvalue weighted by atomic mass is 32.1. The van der Waals surface area contributed by atoms with Crippen molar-refractivity contribution in [2.45, 2.75) is 6.92 Å². The molecule has 0 radical (unpaired) electrons. The lowest BCUT2D eigenvalue weighted by atomic mass is 10.2. The molecule has 1 aromatic carbocycles. The minimum atomic E-state index is 0.347. The lowest BCUT2D eigenvalue weighted by molar-refractivity contribution is 0.972. The maximum Gasteiger partial charge on any atom is 0.214 e. The normalized spacial score (nSPS) is 10.9. The van der Waals surface area contributed by atoms with E-state index in [4.69, 9.17) is 18.1 Å². The van der Waals surface area contributed by atoms with Gasteiger partial charge in [0.15, 0.2) is 0 Å². The number of para-hydroxylation sites is 2. The van der Waals surface area contributed by atoms with Crippen molar-refractivity contribution >= 4 is 23.3 Å². The van der Waals surface area contributed by atoms with Crippen molar-refractivity contribution in [3.8, 4) is 11.5 Å². The van der Waals surface area contributed by atoms with Crippen LogP contribution in [0.3, 0.4) is 0 Å². The van der Waals surface area contributed by atoms with E-state index in [-0.39, 0.29) is 0 Å². The fourth-order valence-corrected chi connectivity index (χ4v) is 1.90. The van der Waals surface area contributed by atoms with Crippen LogP contribution < -0.4 is 5.84 Å². The number of nitrogens with zero attached hydrogens (tertiary/aromatic N) is 4. The summed E-state index contributed by atoms with van der Waals surface area (Å²) in [5.41, 5.74) is 3.03. The zero-order valence-corrected chi connectivity index (χ0v) is 10.4. The molecular weight excluding hydrogens is 248 g/mol. The summed E-state index contributed by atoms with van der Waals surface area (Å²) in [4.78, 5) is 9.01. The zero-order chi connectivity index (χ0) is 12.7. The van der Waals surface area contributed by atoms with Gasteiger partial charge in [0.05, 0.1) is 16.7 Å². The monoisotopic (exact) mass is 258 g/mol. The van der Waals surface area contributed by atoms with Crippen LogP contribution in [-0.4, -0.2) is 24.8 Å². The molecule has 0 amide bonds. The fraction of sp³-hybridized carbons (Fsp3) is 0.0909. The number of nitrogens with two attached hydrogens (primary N) is 1. The van der Waals surface area contributed by atoms with Crippen LogP contribution >= 0.6 is 12.2 Å². The van der Waals surface area contributed by atoms with Crippen LogP contribution in [0.25, 0.3) is 22.6 Å². The number of aromatic amines is 1. The fourth-order valence-electron chi connectivity index (χ4n) is 1.77. The lowest BCUT2D eigenvalue weighted by Gasteiger charge is -2.05. The van der Waals surface area contributed by atoms with Gasteiger partial charge >= 0.3 is 0 Å². The van der Waals surface area contributed by atoms with Crippen LogP contribution in [0.4, 0.5) is 0 Å². The van der Waals surface area contributed by atoms with Gasteiger partial charge in [-0.1, -0.05) is 12.1 Å². The molecule has 0 aliphatic carbocycles. The summed E-state index contributed by atoms with van der Waals surface area (Å²) in [6, 6.07) is 7.65. The molecule has 0 unspecified atom stereocenters. The minimum absolute atomic E-state index is 0.347. The predicted molar refractivity (Wildman–Crippen MR) is 70.8 cm³/mol. The standard InChI is InChI=1S/C11H10N6S/c1-6-9(10-15-16-11(18)17(10)12)14-8-5-3-2-4-7(8)13-6/h2-5H,12H2,1H3,(H,16,18). The van der Waals surface area contributed by atoms with Crippen molar-refractivity contribution in [3.05, 3.63) is 34.7 Å². The smallest absolute Gasteiger partial charge is 0.214 e. The van der Waals surface area contributed by atoms with E-state index in [1.54, 1.807) is 0 Å². The maximum absolute atomic E-state index is 5.80. The van der Waals surface area contributed by atoms with Gasteiger partial charge in [-0.2, -0.15) is 5.10 Å². The summed E-state index contributed by atoms with van der Waals surface area (Å²) in [7, 11) is 0. The molecule has 0 bridgehead atoms. The number of hydrogen-bond acceptors (Lipinski definition) is 5. The zero-order valence-electron chi connectivity index (χ0n) is 9.58. The van der Waals surface area contributed by atoms with Gasteiger partial charge < -0.3 is 5.84 Å². The molecule has 7 heteroatoms. The molecule has 0 aliphatic rings. The molecule has 0 fully saturated rings. The molecule has 2 aromatic heterocycles. The Morgan fingerprint density at radius 1 is 1.22 bits per heavy atom. The van der Waals surface area contributed by atoms with Crippen LogP contribution in [0, 0.1) is 11.7 Å². The highest BCUT2D eigenvalue weighted by molar-refractivity contribution is 7.71. The Labute approximate surface area is 107 Å². The van der Waals surface area contributed by atoms with Gasteiger partial charge in [0, 0.05) is 0 Å². The molecule has 90 valence electrons. The van der Waals surface area contributed by atoms with Crippen molar-refractivity contribution in [1.82, 2.24) is 24.8 Å². The molecule has 0 aliphatic heterocycles. The van der Waals surface area contributed by atoms with Crippen LogP contribution in [0.2, 0.25) is 0 Å². The SMILES string of the molecule is Cc1nc2ccccc2nc1-c1n[nH]c(=S)n1N. The van der Waals surface area contributed by atoms with E-state index in [0.29, 0.717) is 16.3 Å². The van der Waals surface area contributed by atoms with Crippen LogP contribution in [0.15, 0.2) is 24.3 Å². The lowest BCUT2D eigenvalue weighted by Crippen LogP contribution is -2.11. The molecule has 2 heterocycles. The number of nitrogens with one attached hydrogen (secondary N) is 1. The van der Waals surface area contributed by atoms with E-state index in [0.717, 1.165) is 16.7 Å². The number of aryl methyl sites for hydroxylation is 1. The third-order valence-corrected chi connectivity index (χ3v) is 2.95. The summed E-state index contributed by atoms with van der Waals surface area (Å²) in [5.74, 6) is 6.28. The number of hydrogen-bond donors (Lipinski definition) is 2. The molecule has 3 rings (SSSR count). The van der Waals surface area contributed by atoms with E-state index in [2.05, 4.69) is 20.2 Å². The van der Waals surface area contributed by atoms with Gasteiger partial charge in [-0.15, -0.1) is 0 Å². The third kappa shape index (κ3) is 1.56. The first-order valence-electron chi connectivity index (χ1n) is 5.33. The van der Waals surface area contributed by atoms with Crippen molar-refractivity contribution < 1.29 is 0 Å². The molecule has 3 aromatic rings. The number of fused-ring (bicyclic) bond motifs is 1. The second-order valence-electron chi connectivity index (χ2n) is 3.87. The Balaban J connectivity index is 2.32.